The van der Waals surface area contributed by atoms with Crippen LogP contribution in [0.15, 0.2) is 28.8 Å². The number of hydrogen-bond donors (Lipinski definition) is 1. The van der Waals surface area contributed by atoms with Crippen molar-refractivity contribution >= 4 is 0 Å². The van der Waals surface area contributed by atoms with Crippen LogP contribution < -0.4 is 0 Å². The first kappa shape index (κ1) is 9.79. The van der Waals surface area contributed by atoms with Crippen LogP contribution in [0.4, 0.5) is 8.78 Å². The van der Waals surface area contributed by atoms with Crippen molar-refractivity contribution in [2.24, 2.45) is 0 Å². The lowest BCUT2D eigenvalue weighted by Crippen LogP contribution is -1.88. The Kier molecular flexibility index (Phi) is 2.47. The van der Waals surface area contributed by atoms with Crippen LogP contribution in [-0.4, -0.2) is 10.3 Å². The van der Waals surface area contributed by atoms with Gasteiger partial charge in [0.1, 0.15) is 12.3 Å². The molecule has 2 aromatic rings. The van der Waals surface area contributed by atoms with Gasteiger partial charge < -0.3 is 9.63 Å². The Morgan fingerprint density at radius 1 is 1.33 bits per heavy atom. The van der Waals surface area contributed by atoms with Crippen LogP contribution >= 0.6 is 0 Å². The number of nitrogens with zero attached hydrogens (tertiary/aromatic N) is 1. The smallest absolute Gasteiger partial charge is 0.168 e. The summed E-state index contributed by atoms with van der Waals surface area (Å²) < 4.78 is 30.8. The van der Waals surface area contributed by atoms with Crippen molar-refractivity contribution in [2.75, 3.05) is 0 Å². The Labute approximate surface area is 83.9 Å². The van der Waals surface area contributed by atoms with Crippen LogP contribution in [0.1, 0.15) is 5.76 Å². The Morgan fingerprint density at radius 2 is 2.13 bits per heavy atom. The van der Waals surface area contributed by atoms with Crippen molar-refractivity contribution < 1.29 is 18.4 Å². The monoisotopic (exact) mass is 211 g/mol. The summed E-state index contributed by atoms with van der Waals surface area (Å²) in [5, 5.41) is 12.2. The molecule has 0 amide bonds. The van der Waals surface area contributed by atoms with Crippen molar-refractivity contribution in [3.63, 3.8) is 0 Å². The molecule has 0 unspecified atom stereocenters. The average molecular weight is 211 g/mol. The van der Waals surface area contributed by atoms with Gasteiger partial charge in [-0.15, -0.1) is 0 Å². The SMILES string of the molecule is OCc1cc(-c2cccc(F)c2F)no1. The maximum atomic E-state index is 13.3. The van der Waals surface area contributed by atoms with E-state index in [0.717, 1.165) is 6.07 Å². The van der Waals surface area contributed by atoms with Crippen molar-refractivity contribution in [1.29, 1.82) is 0 Å². The molecule has 78 valence electrons. The number of aromatic nitrogens is 1. The standard InChI is InChI=1S/C10H7F2NO2/c11-8-3-1-2-7(10(8)12)9-4-6(5-14)15-13-9/h1-4,14H,5H2. The normalized spacial score (nSPS) is 10.6. The molecule has 1 N–H and O–H groups in total. The molecule has 0 aliphatic carbocycles. The third-order valence-electron chi connectivity index (χ3n) is 1.94. The highest BCUT2D eigenvalue weighted by Crippen LogP contribution is 2.23. The molecule has 1 aromatic carbocycles. The highest BCUT2D eigenvalue weighted by atomic mass is 19.2. The van der Waals surface area contributed by atoms with E-state index in [0.29, 0.717) is 0 Å². The van der Waals surface area contributed by atoms with Gasteiger partial charge in [-0.2, -0.15) is 0 Å². The summed E-state index contributed by atoms with van der Waals surface area (Å²) in [6.07, 6.45) is 0. The summed E-state index contributed by atoms with van der Waals surface area (Å²) in [6, 6.07) is 5.14. The van der Waals surface area contributed by atoms with Gasteiger partial charge in [-0.1, -0.05) is 11.2 Å². The van der Waals surface area contributed by atoms with Crippen molar-refractivity contribution in [3.05, 3.63) is 41.7 Å². The fourth-order valence-electron chi connectivity index (χ4n) is 1.22. The molecule has 3 nitrogen and oxygen atoms in total. The maximum absolute atomic E-state index is 13.3. The van der Waals surface area contributed by atoms with Crippen LogP contribution in [-0.2, 0) is 6.61 Å². The zero-order chi connectivity index (χ0) is 10.8. The fraction of sp³-hybridized carbons (Fsp3) is 0.100. The van der Waals surface area contributed by atoms with Gasteiger partial charge in [0.15, 0.2) is 17.4 Å². The quantitative estimate of drug-likeness (QED) is 0.827. The van der Waals surface area contributed by atoms with Gasteiger partial charge in [-0.05, 0) is 12.1 Å². The summed E-state index contributed by atoms with van der Waals surface area (Å²) in [6.45, 7) is -0.329. The molecule has 0 saturated heterocycles. The molecule has 0 bridgehead atoms. The highest BCUT2D eigenvalue weighted by Gasteiger charge is 2.13. The van der Waals surface area contributed by atoms with E-state index in [1.165, 1.54) is 18.2 Å². The number of halogens is 2. The van der Waals surface area contributed by atoms with Gasteiger partial charge in [-0.25, -0.2) is 8.78 Å². The van der Waals surface area contributed by atoms with Crippen molar-refractivity contribution in [1.82, 2.24) is 5.16 Å². The van der Waals surface area contributed by atoms with E-state index in [1.807, 2.05) is 0 Å². The molecule has 0 saturated carbocycles. The van der Waals surface area contributed by atoms with E-state index in [1.54, 1.807) is 0 Å². The number of aliphatic hydroxyl groups is 1. The first-order chi connectivity index (χ1) is 7.22. The average Bonchev–Trinajstić information content (AvgIpc) is 2.70. The molecule has 0 aliphatic rings. The lowest BCUT2D eigenvalue weighted by Gasteiger charge is -1.97. The summed E-state index contributed by atoms with van der Waals surface area (Å²) in [7, 11) is 0. The van der Waals surface area contributed by atoms with Gasteiger partial charge in [0.25, 0.3) is 0 Å². The Bertz CT molecular complexity index is 482. The minimum Gasteiger partial charge on any atom is -0.388 e. The Hall–Kier alpha value is -1.75. The predicted octanol–water partition coefficient (Wildman–Crippen LogP) is 2.11. The van der Waals surface area contributed by atoms with Crippen molar-refractivity contribution in [2.45, 2.75) is 6.61 Å². The maximum Gasteiger partial charge on any atom is 0.168 e. The third-order valence-corrected chi connectivity index (χ3v) is 1.94. The number of hydrogen-bond acceptors (Lipinski definition) is 3. The second-order valence-electron chi connectivity index (χ2n) is 2.94. The molecule has 0 aliphatic heterocycles. The molecule has 5 heteroatoms. The minimum atomic E-state index is -0.977. The van der Waals surface area contributed by atoms with E-state index in [-0.39, 0.29) is 23.6 Å². The predicted molar refractivity (Wildman–Crippen MR) is 47.8 cm³/mol. The van der Waals surface area contributed by atoms with E-state index >= 15 is 0 Å². The lowest BCUT2D eigenvalue weighted by atomic mass is 10.1. The van der Waals surface area contributed by atoms with Crippen LogP contribution in [0.2, 0.25) is 0 Å². The van der Waals surface area contributed by atoms with Gasteiger partial charge in [0.05, 0.1) is 0 Å². The summed E-state index contributed by atoms with van der Waals surface area (Å²) in [5.41, 5.74) is 0.175. The second-order valence-corrected chi connectivity index (χ2v) is 2.94. The van der Waals surface area contributed by atoms with Crippen LogP contribution in [0, 0.1) is 11.6 Å². The van der Waals surface area contributed by atoms with Crippen LogP contribution in [0.5, 0.6) is 0 Å². The molecule has 0 radical (unpaired) electrons. The molecule has 15 heavy (non-hydrogen) atoms. The summed E-state index contributed by atoms with van der Waals surface area (Å²) >= 11 is 0. The third kappa shape index (κ3) is 1.73. The first-order valence-corrected chi connectivity index (χ1v) is 4.23. The summed E-state index contributed by atoms with van der Waals surface area (Å²) in [4.78, 5) is 0. The van der Waals surface area contributed by atoms with Gasteiger partial charge >= 0.3 is 0 Å². The Balaban J connectivity index is 2.49. The number of benzene rings is 1. The molecule has 2 rings (SSSR count). The molecule has 1 aromatic heterocycles. The largest absolute Gasteiger partial charge is 0.388 e. The molecular weight excluding hydrogens is 204 g/mol. The lowest BCUT2D eigenvalue weighted by molar-refractivity contribution is 0.229. The van der Waals surface area contributed by atoms with Gasteiger partial charge in [0.2, 0.25) is 0 Å². The van der Waals surface area contributed by atoms with Crippen LogP contribution in [0.3, 0.4) is 0 Å². The van der Waals surface area contributed by atoms with Gasteiger partial charge in [0, 0.05) is 11.6 Å². The molecule has 1 heterocycles. The molecule has 0 spiro atoms. The first-order valence-electron chi connectivity index (χ1n) is 4.23. The van der Waals surface area contributed by atoms with E-state index in [9.17, 15) is 8.78 Å². The number of rotatable bonds is 2. The zero-order valence-corrected chi connectivity index (χ0v) is 7.58. The molecule has 0 atom stereocenters. The van der Waals surface area contributed by atoms with Gasteiger partial charge in [-0.3, -0.25) is 0 Å². The van der Waals surface area contributed by atoms with E-state index < -0.39 is 11.6 Å². The highest BCUT2D eigenvalue weighted by molar-refractivity contribution is 5.59. The fourth-order valence-corrected chi connectivity index (χ4v) is 1.22. The van der Waals surface area contributed by atoms with Crippen LogP contribution in [0.25, 0.3) is 11.3 Å². The molecular formula is C10H7F2NO2. The minimum absolute atomic E-state index is 0.0125. The number of aliphatic hydroxyl groups excluding tert-OH is 1. The van der Waals surface area contributed by atoms with Crippen molar-refractivity contribution in [3.8, 4) is 11.3 Å². The zero-order valence-electron chi connectivity index (χ0n) is 7.58. The summed E-state index contributed by atoms with van der Waals surface area (Å²) in [5.74, 6) is -1.72. The van der Waals surface area contributed by atoms with E-state index in [2.05, 4.69) is 9.68 Å². The Morgan fingerprint density at radius 3 is 2.80 bits per heavy atom. The van der Waals surface area contributed by atoms with E-state index in [4.69, 9.17) is 5.11 Å². The topological polar surface area (TPSA) is 46.3 Å². The molecule has 0 fully saturated rings. The second kappa shape index (κ2) is 3.78.